The molecule has 0 radical (unpaired) electrons. The summed E-state index contributed by atoms with van der Waals surface area (Å²) in [6.45, 7) is 12.9. The Morgan fingerprint density at radius 1 is 1.07 bits per heavy atom. The molecule has 78 valence electrons. The normalized spacial score (nSPS) is 16.9. The Morgan fingerprint density at radius 3 is 2.07 bits per heavy atom. The average Bonchev–Trinajstić information content (AvgIpc) is 2.07. The van der Waals surface area contributed by atoms with E-state index in [0.29, 0.717) is 0 Å². The molecule has 0 unspecified atom stereocenters. The van der Waals surface area contributed by atoms with Crippen LogP contribution in [0, 0.1) is 0 Å². The van der Waals surface area contributed by atoms with E-state index in [1.807, 2.05) is 0 Å². The summed E-state index contributed by atoms with van der Waals surface area (Å²) in [6.07, 6.45) is 5.23. The summed E-state index contributed by atoms with van der Waals surface area (Å²) in [5.74, 6) is 0. The van der Waals surface area contributed by atoms with E-state index in [1.165, 1.54) is 42.4 Å². The molecule has 14 heavy (non-hydrogen) atoms. The molecule has 1 aliphatic rings. The summed E-state index contributed by atoms with van der Waals surface area (Å²) in [5.41, 5.74) is 7.22. The van der Waals surface area contributed by atoms with Gasteiger partial charge in [-0.1, -0.05) is 23.3 Å². The second-order valence-corrected chi connectivity index (χ2v) is 4.62. The van der Waals surface area contributed by atoms with Crippen LogP contribution in [-0.4, -0.2) is 0 Å². The largest absolute Gasteiger partial charge is 0.0955 e. The van der Waals surface area contributed by atoms with Crippen LogP contribution in [0.25, 0.3) is 0 Å². The molecule has 1 rings (SSSR count). The van der Waals surface area contributed by atoms with Gasteiger partial charge in [0.25, 0.3) is 0 Å². The third-order valence-corrected chi connectivity index (χ3v) is 2.97. The van der Waals surface area contributed by atoms with Crippen molar-refractivity contribution in [2.24, 2.45) is 0 Å². The molecular formula is C14H22. The highest BCUT2D eigenvalue weighted by molar-refractivity contribution is 5.49. The van der Waals surface area contributed by atoms with Gasteiger partial charge in [0.15, 0.2) is 0 Å². The first kappa shape index (κ1) is 11.3. The Labute approximate surface area is 88.4 Å². The van der Waals surface area contributed by atoms with Crippen molar-refractivity contribution >= 4 is 0 Å². The molecule has 0 heteroatoms. The Balaban J connectivity index is 3.12. The first-order valence-electron chi connectivity index (χ1n) is 5.56. The standard InChI is InChI=1S/C14H22/c1-10(2)14(11(3)4)13-9-7-6-8-12(13)5/h1,6-9H2,2-5H3. The maximum absolute atomic E-state index is 4.09. The molecule has 0 nitrogen and oxygen atoms in total. The van der Waals surface area contributed by atoms with Crippen molar-refractivity contribution in [3.05, 3.63) is 34.4 Å². The molecule has 0 atom stereocenters. The predicted molar refractivity (Wildman–Crippen MR) is 64.4 cm³/mol. The van der Waals surface area contributed by atoms with E-state index >= 15 is 0 Å². The minimum Gasteiger partial charge on any atom is -0.0955 e. The molecule has 0 aromatic rings. The fourth-order valence-electron chi connectivity index (χ4n) is 2.38. The van der Waals surface area contributed by atoms with Gasteiger partial charge in [0.1, 0.15) is 0 Å². The Morgan fingerprint density at radius 2 is 1.64 bits per heavy atom. The summed E-state index contributed by atoms with van der Waals surface area (Å²) in [6, 6.07) is 0. The molecule has 0 bridgehead atoms. The van der Waals surface area contributed by atoms with Crippen LogP contribution in [-0.2, 0) is 0 Å². The van der Waals surface area contributed by atoms with Gasteiger partial charge in [-0.25, -0.2) is 0 Å². The van der Waals surface area contributed by atoms with Crippen LogP contribution in [0.15, 0.2) is 34.4 Å². The second kappa shape index (κ2) is 4.63. The van der Waals surface area contributed by atoms with Crippen molar-refractivity contribution in [1.29, 1.82) is 0 Å². The maximum atomic E-state index is 4.09. The predicted octanol–water partition coefficient (Wildman–Crippen LogP) is 4.79. The smallest absolute Gasteiger partial charge is 0.0215 e. The van der Waals surface area contributed by atoms with Gasteiger partial charge >= 0.3 is 0 Å². The van der Waals surface area contributed by atoms with Gasteiger partial charge in [0, 0.05) is 0 Å². The van der Waals surface area contributed by atoms with Crippen LogP contribution in [0.2, 0.25) is 0 Å². The molecule has 0 amide bonds. The molecule has 0 aromatic carbocycles. The maximum Gasteiger partial charge on any atom is -0.0215 e. The lowest BCUT2D eigenvalue weighted by Crippen LogP contribution is -2.02. The third kappa shape index (κ3) is 2.37. The highest BCUT2D eigenvalue weighted by Gasteiger charge is 2.14. The fourth-order valence-corrected chi connectivity index (χ4v) is 2.38. The monoisotopic (exact) mass is 190 g/mol. The van der Waals surface area contributed by atoms with Crippen molar-refractivity contribution in [1.82, 2.24) is 0 Å². The van der Waals surface area contributed by atoms with Crippen LogP contribution in [0.4, 0.5) is 0 Å². The first-order valence-corrected chi connectivity index (χ1v) is 5.56. The van der Waals surface area contributed by atoms with Crippen LogP contribution in [0.5, 0.6) is 0 Å². The minimum atomic E-state index is 1.22. The number of hydrogen-bond acceptors (Lipinski definition) is 0. The van der Waals surface area contributed by atoms with Crippen molar-refractivity contribution in [2.45, 2.75) is 53.4 Å². The number of rotatable bonds is 2. The van der Waals surface area contributed by atoms with Gasteiger partial charge in [-0.2, -0.15) is 0 Å². The highest BCUT2D eigenvalue weighted by Crippen LogP contribution is 2.33. The van der Waals surface area contributed by atoms with E-state index in [4.69, 9.17) is 0 Å². The molecule has 1 aliphatic carbocycles. The quantitative estimate of drug-likeness (QED) is 0.549. The molecule has 0 spiro atoms. The van der Waals surface area contributed by atoms with Gasteiger partial charge in [-0.15, -0.1) is 0 Å². The second-order valence-electron chi connectivity index (χ2n) is 4.62. The van der Waals surface area contributed by atoms with E-state index in [9.17, 15) is 0 Å². The lowest BCUT2D eigenvalue weighted by molar-refractivity contribution is 0.677. The zero-order valence-electron chi connectivity index (χ0n) is 10.0. The Kier molecular flexibility index (Phi) is 3.74. The van der Waals surface area contributed by atoms with Crippen molar-refractivity contribution in [2.75, 3.05) is 0 Å². The van der Waals surface area contributed by atoms with E-state index in [-0.39, 0.29) is 0 Å². The van der Waals surface area contributed by atoms with Crippen molar-refractivity contribution in [3.8, 4) is 0 Å². The number of allylic oxidation sites excluding steroid dienone is 5. The summed E-state index contributed by atoms with van der Waals surface area (Å²) in [5, 5.41) is 0. The topological polar surface area (TPSA) is 0 Å². The lowest BCUT2D eigenvalue weighted by atomic mass is 9.84. The van der Waals surface area contributed by atoms with Crippen LogP contribution < -0.4 is 0 Å². The number of hydrogen-bond donors (Lipinski definition) is 0. The van der Waals surface area contributed by atoms with Gasteiger partial charge < -0.3 is 0 Å². The molecule has 0 saturated carbocycles. The van der Waals surface area contributed by atoms with Gasteiger partial charge in [-0.05, 0) is 64.5 Å². The van der Waals surface area contributed by atoms with Crippen LogP contribution >= 0.6 is 0 Å². The Hall–Kier alpha value is -0.780. The summed E-state index contributed by atoms with van der Waals surface area (Å²) in [7, 11) is 0. The summed E-state index contributed by atoms with van der Waals surface area (Å²) in [4.78, 5) is 0. The molecule has 0 saturated heterocycles. The SMILES string of the molecule is C=C(C)C(=C(C)C)C1=C(C)CCCC1. The van der Waals surface area contributed by atoms with E-state index in [1.54, 1.807) is 11.1 Å². The molecule has 0 aliphatic heterocycles. The Bertz CT molecular complexity index is 296. The van der Waals surface area contributed by atoms with Gasteiger partial charge in [0.2, 0.25) is 0 Å². The molecular weight excluding hydrogens is 168 g/mol. The zero-order valence-corrected chi connectivity index (χ0v) is 10.0. The van der Waals surface area contributed by atoms with E-state index in [2.05, 4.69) is 34.3 Å². The molecule has 0 N–H and O–H groups in total. The summed E-state index contributed by atoms with van der Waals surface area (Å²) < 4.78 is 0. The first-order chi connectivity index (χ1) is 6.54. The van der Waals surface area contributed by atoms with E-state index in [0.717, 1.165) is 0 Å². The van der Waals surface area contributed by atoms with E-state index < -0.39 is 0 Å². The van der Waals surface area contributed by atoms with Crippen LogP contribution in [0.3, 0.4) is 0 Å². The fraction of sp³-hybridized carbons (Fsp3) is 0.571. The lowest BCUT2D eigenvalue weighted by Gasteiger charge is -2.22. The van der Waals surface area contributed by atoms with Gasteiger partial charge in [0.05, 0.1) is 0 Å². The summed E-state index contributed by atoms with van der Waals surface area (Å²) >= 11 is 0. The van der Waals surface area contributed by atoms with Crippen LogP contribution in [0.1, 0.15) is 53.4 Å². The zero-order chi connectivity index (χ0) is 10.7. The van der Waals surface area contributed by atoms with Gasteiger partial charge in [-0.3, -0.25) is 0 Å². The molecule has 0 fully saturated rings. The third-order valence-electron chi connectivity index (χ3n) is 2.97. The highest BCUT2D eigenvalue weighted by atomic mass is 14.2. The minimum absolute atomic E-state index is 1.22. The van der Waals surface area contributed by atoms with Crippen molar-refractivity contribution < 1.29 is 0 Å². The average molecular weight is 190 g/mol. The molecule has 0 aromatic heterocycles. The molecule has 0 heterocycles. The van der Waals surface area contributed by atoms with Crippen molar-refractivity contribution in [3.63, 3.8) is 0 Å².